The Morgan fingerprint density at radius 3 is 1.22 bits per heavy atom. The van der Waals surface area contributed by atoms with Gasteiger partial charge in [0.2, 0.25) is 0 Å². The molecular weight excluding hydrogens is 114 g/mol. The zero-order valence-electron chi connectivity index (χ0n) is 7.07. The number of hydrogen-bond acceptors (Lipinski definition) is 3. The Hall–Kier alpha value is -0.120. The van der Waals surface area contributed by atoms with E-state index in [1.165, 1.54) is 0 Å². The predicted octanol–water partition coefficient (Wildman–Crippen LogP) is 1.70. The molecule has 0 unspecified atom stereocenters. The van der Waals surface area contributed by atoms with Gasteiger partial charge in [0.25, 0.3) is 0 Å². The van der Waals surface area contributed by atoms with E-state index < -0.39 is 0 Å². The van der Waals surface area contributed by atoms with E-state index in [0.29, 0.717) is 5.92 Å². The molecule has 3 heteroatoms. The molecule has 0 fully saturated rings. The first-order chi connectivity index (χ1) is 2.94. The van der Waals surface area contributed by atoms with Gasteiger partial charge in [0.1, 0.15) is 0 Å². The van der Waals surface area contributed by atoms with Crippen LogP contribution in [0.5, 0.6) is 0 Å². The van der Waals surface area contributed by atoms with Gasteiger partial charge in [-0.05, 0) is 19.8 Å². The van der Waals surface area contributed by atoms with Gasteiger partial charge in [-0.2, -0.15) is 0 Å². The molecule has 0 amide bonds. The quantitative estimate of drug-likeness (QED) is 0.510. The molecular formula is C6H21N3. The Morgan fingerprint density at radius 1 is 1.11 bits per heavy atom. The summed E-state index contributed by atoms with van der Waals surface area (Å²) in [7, 11) is 0. The van der Waals surface area contributed by atoms with Crippen LogP contribution >= 0.6 is 0 Å². The van der Waals surface area contributed by atoms with Crippen LogP contribution in [0.25, 0.3) is 0 Å². The third-order valence-electron chi connectivity index (χ3n) is 1.49. The molecule has 0 aromatic carbocycles. The van der Waals surface area contributed by atoms with Crippen LogP contribution in [0.15, 0.2) is 0 Å². The molecule has 0 aliphatic heterocycles. The summed E-state index contributed by atoms with van der Waals surface area (Å²) in [5.74, 6) is 0.576. The van der Waals surface area contributed by atoms with Crippen LogP contribution in [-0.4, -0.2) is 5.54 Å². The fourth-order valence-electron chi connectivity index (χ4n) is 0. The van der Waals surface area contributed by atoms with Crippen molar-refractivity contribution in [2.75, 3.05) is 0 Å². The van der Waals surface area contributed by atoms with E-state index >= 15 is 0 Å². The molecule has 0 bridgehead atoms. The van der Waals surface area contributed by atoms with Crippen molar-refractivity contribution in [3.05, 3.63) is 0 Å². The minimum atomic E-state index is 0. The smallest absolute Gasteiger partial charge is 0.0120 e. The van der Waals surface area contributed by atoms with E-state index in [1.54, 1.807) is 0 Å². The van der Waals surface area contributed by atoms with Crippen molar-refractivity contribution >= 4 is 0 Å². The van der Waals surface area contributed by atoms with Gasteiger partial charge in [-0.25, -0.2) is 0 Å². The molecule has 0 aliphatic rings. The van der Waals surface area contributed by atoms with E-state index in [1.807, 2.05) is 13.8 Å². The third kappa shape index (κ3) is 7.88. The lowest BCUT2D eigenvalue weighted by molar-refractivity contribution is 0.373. The maximum absolute atomic E-state index is 5.68. The van der Waals surface area contributed by atoms with Gasteiger partial charge in [-0.15, -0.1) is 0 Å². The first kappa shape index (κ1) is 15.9. The molecule has 0 saturated heterocycles. The lowest BCUT2D eigenvalue weighted by Crippen LogP contribution is -2.37. The molecule has 0 rings (SSSR count). The largest absolute Gasteiger partial charge is 0.344 e. The van der Waals surface area contributed by atoms with E-state index in [0.717, 1.165) is 0 Å². The highest BCUT2D eigenvalue weighted by Gasteiger charge is 2.14. The molecule has 9 heavy (non-hydrogen) atoms. The second-order valence-electron chi connectivity index (χ2n) is 2.98. The van der Waals surface area contributed by atoms with E-state index in [9.17, 15) is 0 Å². The lowest BCUT2D eigenvalue weighted by atomic mass is 9.92. The van der Waals surface area contributed by atoms with Gasteiger partial charge in [0, 0.05) is 5.54 Å². The fraction of sp³-hybridized carbons (Fsp3) is 1.00. The number of rotatable bonds is 1. The monoisotopic (exact) mass is 135 g/mol. The topological polar surface area (TPSA) is 96.0 Å². The fourth-order valence-corrected chi connectivity index (χ4v) is 0. The minimum Gasteiger partial charge on any atom is -0.344 e. The SMILES string of the molecule is CC(C)C(C)(C)N.N.N. The molecule has 0 aromatic rings. The van der Waals surface area contributed by atoms with E-state index in [2.05, 4.69) is 13.8 Å². The highest BCUT2D eigenvalue weighted by Crippen LogP contribution is 2.09. The summed E-state index contributed by atoms with van der Waals surface area (Å²) in [6.45, 7) is 8.33. The molecule has 0 aliphatic carbocycles. The van der Waals surface area contributed by atoms with Crippen LogP contribution in [0.3, 0.4) is 0 Å². The van der Waals surface area contributed by atoms with Crippen LogP contribution in [0.1, 0.15) is 27.7 Å². The van der Waals surface area contributed by atoms with Gasteiger partial charge in [0.15, 0.2) is 0 Å². The second kappa shape index (κ2) is 4.73. The van der Waals surface area contributed by atoms with Gasteiger partial charge < -0.3 is 18.0 Å². The second-order valence-corrected chi connectivity index (χ2v) is 2.98. The van der Waals surface area contributed by atoms with Crippen molar-refractivity contribution in [2.45, 2.75) is 33.2 Å². The highest BCUT2D eigenvalue weighted by molar-refractivity contribution is 4.74. The van der Waals surface area contributed by atoms with E-state index in [-0.39, 0.29) is 17.8 Å². The normalized spacial score (nSPS) is 10.0. The average molecular weight is 135 g/mol. The van der Waals surface area contributed by atoms with E-state index in [4.69, 9.17) is 5.73 Å². The Morgan fingerprint density at radius 2 is 1.22 bits per heavy atom. The number of nitrogens with two attached hydrogens (primary N) is 1. The van der Waals surface area contributed by atoms with Crippen LogP contribution in [-0.2, 0) is 0 Å². The molecule has 0 radical (unpaired) electrons. The summed E-state index contributed by atoms with van der Waals surface area (Å²) < 4.78 is 0. The molecule has 0 heterocycles. The Balaban J connectivity index is -0.000000180. The van der Waals surface area contributed by atoms with Crippen LogP contribution in [0.2, 0.25) is 0 Å². The Kier molecular flexibility index (Phi) is 8.38. The zero-order chi connectivity index (χ0) is 6.08. The molecule has 0 atom stereocenters. The summed E-state index contributed by atoms with van der Waals surface area (Å²) >= 11 is 0. The van der Waals surface area contributed by atoms with Crippen molar-refractivity contribution in [1.29, 1.82) is 0 Å². The molecule has 8 N–H and O–H groups in total. The van der Waals surface area contributed by atoms with Gasteiger partial charge in [-0.1, -0.05) is 13.8 Å². The third-order valence-corrected chi connectivity index (χ3v) is 1.49. The molecule has 0 aromatic heterocycles. The standard InChI is InChI=1S/C6H15N.2H3N/c1-5(2)6(3,4)7;;/h5H,7H2,1-4H3;2*1H3. The van der Waals surface area contributed by atoms with Crippen molar-refractivity contribution in [2.24, 2.45) is 11.7 Å². The summed E-state index contributed by atoms with van der Waals surface area (Å²) in [6.07, 6.45) is 0. The summed E-state index contributed by atoms with van der Waals surface area (Å²) in [5, 5.41) is 0. The van der Waals surface area contributed by atoms with Gasteiger partial charge in [0.05, 0.1) is 0 Å². The van der Waals surface area contributed by atoms with Crippen molar-refractivity contribution in [1.82, 2.24) is 12.3 Å². The maximum Gasteiger partial charge on any atom is 0.0120 e. The lowest BCUT2D eigenvalue weighted by Gasteiger charge is -2.22. The first-order valence-electron chi connectivity index (χ1n) is 2.73. The Bertz CT molecular complexity index is 53.8. The first-order valence-corrected chi connectivity index (χ1v) is 2.73. The van der Waals surface area contributed by atoms with Crippen LogP contribution < -0.4 is 18.0 Å². The minimum absolute atomic E-state index is 0. The van der Waals surface area contributed by atoms with Crippen molar-refractivity contribution < 1.29 is 0 Å². The molecule has 3 nitrogen and oxygen atoms in total. The average Bonchev–Trinajstić information content (AvgIpc) is 1.31. The van der Waals surface area contributed by atoms with Crippen molar-refractivity contribution in [3.8, 4) is 0 Å². The van der Waals surface area contributed by atoms with Crippen LogP contribution in [0.4, 0.5) is 0 Å². The molecule has 0 saturated carbocycles. The predicted molar refractivity (Wildman–Crippen MR) is 43.1 cm³/mol. The maximum atomic E-state index is 5.68. The van der Waals surface area contributed by atoms with Gasteiger partial charge in [-0.3, -0.25) is 0 Å². The van der Waals surface area contributed by atoms with Gasteiger partial charge >= 0.3 is 0 Å². The highest BCUT2D eigenvalue weighted by atomic mass is 14.7. The molecule has 60 valence electrons. The summed E-state index contributed by atoms with van der Waals surface area (Å²) in [4.78, 5) is 0. The summed E-state index contributed by atoms with van der Waals surface area (Å²) in [6, 6.07) is 0. The molecule has 0 spiro atoms. The Labute approximate surface area is 58.2 Å². The van der Waals surface area contributed by atoms with Crippen molar-refractivity contribution in [3.63, 3.8) is 0 Å². The summed E-state index contributed by atoms with van der Waals surface area (Å²) in [5.41, 5.74) is 5.68. The number of hydrogen-bond donors (Lipinski definition) is 3. The zero-order valence-corrected chi connectivity index (χ0v) is 7.07. The van der Waals surface area contributed by atoms with Crippen LogP contribution in [0, 0.1) is 5.92 Å².